The molecule has 152 valence electrons. The number of allylic oxidation sites excluding steroid dienone is 2. The van der Waals surface area contributed by atoms with Gasteiger partial charge in [-0.15, -0.1) is 0 Å². The van der Waals surface area contributed by atoms with E-state index in [0.717, 1.165) is 16.0 Å². The van der Waals surface area contributed by atoms with Crippen molar-refractivity contribution >= 4 is 35.6 Å². The average Bonchev–Trinajstić information content (AvgIpc) is 2.96. The van der Waals surface area contributed by atoms with Gasteiger partial charge in [0.25, 0.3) is 5.91 Å². The van der Waals surface area contributed by atoms with Gasteiger partial charge in [-0.25, -0.2) is 14.5 Å². The molecule has 0 unspecified atom stereocenters. The first-order chi connectivity index (χ1) is 14.3. The van der Waals surface area contributed by atoms with Crippen molar-refractivity contribution in [2.24, 2.45) is 0 Å². The van der Waals surface area contributed by atoms with Gasteiger partial charge in [0, 0.05) is 5.69 Å². The number of nitrogens with one attached hydrogen (secondary N) is 2. The smallest absolute Gasteiger partial charge is 0.335 e. The van der Waals surface area contributed by atoms with E-state index in [0.29, 0.717) is 5.69 Å². The molecule has 0 aromatic heterocycles. The molecule has 4 amide bonds. The second-order valence-corrected chi connectivity index (χ2v) is 6.61. The van der Waals surface area contributed by atoms with Crippen molar-refractivity contribution in [2.45, 2.75) is 6.92 Å². The molecule has 30 heavy (non-hydrogen) atoms. The monoisotopic (exact) mass is 405 g/mol. The Labute approximate surface area is 172 Å². The van der Waals surface area contributed by atoms with Crippen molar-refractivity contribution in [2.75, 3.05) is 11.9 Å². The highest BCUT2D eigenvalue weighted by Crippen LogP contribution is 2.15. The lowest BCUT2D eigenvalue weighted by Crippen LogP contribution is -2.38. The SMILES string of the molecule is CC(/C=C1\NC(=O)N(CC(=O)Nc2ccc(C(=O)O)cc2)C1=O)=C\c1ccccc1. The molecule has 8 heteroatoms. The number of nitrogens with zero attached hydrogens (tertiary/aromatic N) is 1. The van der Waals surface area contributed by atoms with Gasteiger partial charge in [0.15, 0.2) is 0 Å². The summed E-state index contributed by atoms with van der Waals surface area (Å²) in [6, 6.07) is 14.4. The minimum atomic E-state index is -1.08. The van der Waals surface area contributed by atoms with E-state index in [2.05, 4.69) is 10.6 Å². The number of hydrogen-bond acceptors (Lipinski definition) is 4. The number of carboxylic acids is 1. The first-order valence-electron chi connectivity index (χ1n) is 9.04. The maximum Gasteiger partial charge on any atom is 0.335 e. The third-order valence-corrected chi connectivity index (χ3v) is 4.25. The Hall–Kier alpha value is -4.20. The van der Waals surface area contributed by atoms with Crippen LogP contribution in [0.4, 0.5) is 10.5 Å². The fourth-order valence-electron chi connectivity index (χ4n) is 2.84. The van der Waals surface area contributed by atoms with Crippen molar-refractivity contribution in [3.63, 3.8) is 0 Å². The number of carboxylic acid groups (broad SMARTS) is 1. The van der Waals surface area contributed by atoms with Gasteiger partial charge < -0.3 is 15.7 Å². The van der Waals surface area contributed by atoms with Crippen molar-refractivity contribution in [1.29, 1.82) is 0 Å². The van der Waals surface area contributed by atoms with Crippen LogP contribution < -0.4 is 10.6 Å². The molecule has 3 N–H and O–H groups in total. The van der Waals surface area contributed by atoms with E-state index in [-0.39, 0.29) is 11.3 Å². The Kier molecular flexibility index (Phi) is 6.07. The standard InChI is InChI=1S/C22H19N3O5/c1-14(11-15-5-3-2-4-6-15)12-18-20(27)25(22(30)24-18)13-19(26)23-17-9-7-16(8-10-17)21(28)29/h2-12H,13H2,1H3,(H,23,26)(H,24,30)(H,28,29)/b14-11+,18-12-. The van der Waals surface area contributed by atoms with Crippen molar-refractivity contribution < 1.29 is 24.3 Å². The molecule has 1 saturated heterocycles. The molecule has 1 aliphatic heterocycles. The fourth-order valence-corrected chi connectivity index (χ4v) is 2.84. The van der Waals surface area contributed by atoms with E-state index >= 15 is 0 Å². The van der Waals surface area contributed by atoms with Crippen LogP contribution in [-0.4, -0.2) is 40.4 Å². The van der Waals surface area contributed by atoms with Gasteiger partial charge in [-0.1, -0.05) is 36.4 Å². The molecule has 2 aromatic rings. The first kappa shape index (κ1) is 20.5. The fraction of sp³-hybridized carbons (Fsp3) is 0.0909. The quantitative estimate of drug-likeness (QED) is 0.505. The van der Waals surface area contributed by atoms with Gasteiger partial charge in [0.05, 0.1) is 5.56 Å². The molecule has 0 saturated carbocycles. The van der Waals surface area contributed by atoms with E-state index in [1.165, 1.54) is 24.3 Å². The maximum atomic E-state index is 12.5. The molecule has 2 aromatic carbocycles. The molecule has 1 heterocycles. The van der Waals surface area contributed by atoms with Crippen LogP contribution in [0.1, 0.15) is 22.8 Å². The van der Waals surface area contributed by atoms with E-state index in [1.807, 2.05) is 36.4 Å². The van der Waals surface area contributed by atoms with Crippen LogP contribution in [0.25, 0.3) is 6.08 Å². The molecule has 0 spiro atoms. The van der Waals surface area contributed by atoms with Crippen molar-refractivity contribution in [3.05, 3.63) is 83.1 Å². The van der Waals surface area contributed by atoms with Crippen LogP contribution in [0.5, 0.6) is 0 Å². The number of anilines is 1. The van der Waals surface area contributed by atoms with Gasteiger partial charge in [0.2, 0.25) is 5.91 Å². The predicted molar refractivity (Wildman–Crippen MR) is 110 cm³/mol. The summed E-state index contributed by atoms with van der Waals surface area (Å²) in [6.07, 6.45) is 3.42. The number of carbonyl (C=O) groups is 4. The second kappa shape index (κ2) is 8.87. The third kappa shape index (κ3) is 4.99. The Bertz CT molecular complexity index is 1060. The number of carbonyl (C=O) groups excluding carboxylic acids is 3. The zero-order valence-corrected chi connectivity index (χ0v) is 16.1. The topological polar surface area (TPSA) is 116 Å². The van der Waals surface area contributed by atoms with Gasteiger partial charge in [-0.05, 0) is 48.4 Å². The Balaban J connectivity index is 1.65. The van der Waals surface area contributed by atoms with Gasteiger partial charge in [-0.3, -0.25) is 9.59 Å². The van der Waals surface area contributed by atoms with E-state index in [9.17, 15) is 19.2 Å². The van der Waals surface area contributed by atoms with Crippen LogP contribution in [-0.2, 0) is 9.59 Å². The Morgan fingerprint density at radius 2 is 1.73 bits per heavy atom. The number of imide groups is 1. The predicted octanol–water partition coefficient (Wildman–Crippen LogP) is 2.86. The zero-order valence-electron chi connectivity index (χ0n) is 16.1. The summed E-state index contributed by atoms with van der Waals surface area (Å²) in [5, 5.41) is 13.9. The van der Waals surface area contributed by atoms with Crippen LogP contribution >= 0.6 is 0 Å². The van der Waals surface area contributed by atoms with E-state index in [4.69, 9.17) is 5.11 Å². The van der Waals surface area contributed by atoms with Gasteiger partial charge in [0.1, 0.15) is 12.2 Å². The molecule has 0 radical (unpaired) electrons. The number of rotatable bonds is 6. The summed E-state index contributed by atoms with van der Waals surface area (Å²) >= 11 is 0. The normalized spacial score (nSPS) is 15.3. The maximum absolute atomic E-state index is 12.5. The van der Waals surface area contributed by atoms with Gasteiger partial charge >= 0.3 is 12.0 Å². The average molecular weight is 405 g/mol. The second-order valence-electron chi connectivity index (χ2n) is 6.61. The van der Waals surface area contributed by atoms with Gasteiger partial charge in [-0.2, -0.15) is 0 Å². The van der Waals surface area contributed by atoms with Crippen LogP contribution in [0, 0.1) is 0 Å². The lowest BCUT2D eigenvalue weighted by atomic mass is 10.1. The summed E-state index contributed by atoms with van der Waals surface area (Å²) in [6.45, 7) is 1.33. The Morgan fingerprint density at radius 3 is 2.37 bits per heavy atom. The number of benzene rings is 2. The minimum absolute atomic E-state index is 0.0794. The van der Waals surface area contributed by atoms with Crippen molar-refractivity contribution in [3.8, 4) is 0 Å². The van der Waals surface area contributed by atoms with Crippen LogP contribution in [0.15, 0.2) is 71.9 Å². The highest BCUT2D eigenvalue weighted by atomic mass is 16.4. The third-order valence-electron chi connectivity index (χ3n) is 4.25. The molecule has 0 atom stereocenters. The van der Waals surface area contributed by atoms with Crippen LogP contribution in [0.2, 0.25) is 0 Å². The molecule has 1 aliphatic rings. The lowest BCUT2D eigenvalue weighted by molar-refractivity contribution is -0.127. The number of urea groups is 1. The largest absolute Gasteiger partial charge is 0.478 e. The minimum Gasteiger partial charge on any atom is -0.478 e. The molecule has 0 aliphatic carbocycles. The zero-order chi connectivity index (χ0) is 21.7. The first-order valence-corrected chi connectivity index (χ1v) is 9.04. The van der Waals surface area contributed by atoms with Crippen molar-refractivity contribution in [1.82, 2.24) is 10.2 Å². The highest BCUT2D eigenvalue weighted by Gasteiger charge is 2.34. The molecule has 0 bridgehead atoms. The molecule has 8 nitrogen and oxygen atoms in total. The summed E-state index contributed by atoms with van der Waals surface area (Å²) < 4.78 is 0. The highest BCUT2D eigenvalue weighted by molar-refractivity contribution is 6.14. The molecular formula is C22H19N3O5. The number of aromatic carboxylic acids is 1. The summed E-state index contributed by atoms with van der Waals surface area (Å²) in [4.78, 5) is 48.5. The molecular weight excluding hydrogens is 386 g/mol. The molecule has 3 rings (SSSR count). The number of hydrogen-bond donors (Lipinski definition) is 3. The molecule has 1 fully saturated rings. The summed E-state index contributed by atoms with van der Waals surface area (Å²) in [5.41, 5.74) is 2.23. The summed E-state index contributed by atoms with van der Waals surface area (Å²) in [5.74, 6) is -2.26. The Morgan fingerprint density at radius 1 is 1.07 bits per heavy atom. The van der Waals surface area contributed by atoms with E-state index in [1.54, 1.807) is 13.0 Å². The summed E-state index contributed by atoms with van der Waals surface area (Å²) in [7, 11) is 0. The van der Waals surface area contributed by atoms with Crippen LogP contribution in [0.3, 0.4) is 0 Å². The van der Waals surface area contributed by atoms with E-state index < -0.39 is 30.4 Å². The lowest BCUT2D eigenvalue weighted by Gasteiger charge is -2.12. The number of amides is 4.